The summed E-state index contributed by atoms with van der Waals surface area (Å²) >= 11 is 5.92. The molecule has 1 aliphatic heterocycles. The fourth-order valence-electron chi connectivity index (χ4n) is 5.09. The average molecular weight is 376 g/mol. The lowest BCUT2D eigenvalue weighted by Crippen LogP contribution is -2.55. The van der Waals surface area contributed by atoms with Crippen LogP contribution >= 0.6 is 11.6 Å². The Kier molecular flexibility index (Phi) is 4.93. The van der Waals surface area contributed by atoms with E-state index in [2.05, 4.69) is 5.32 Å². The van der Waals surface area contributed by atoms with Crippen molar-refractivity contribution in [1.29, 1.82) is 0 Å². The van der Waals surface area contributed by atoms with Crippen LogP contribution < -0.4 is 16.0 Å². The van der Waals surface area contributed by atoms with Crippen molar-refractivity contribution in [2.24, 2.45) is 23.5 Å². The first-order chi connectivity index (χ1) is 12.5. The van der Waals surface area contributed by atoms with Crippen molar-refractivity contribution in [2.75, 3.05) is 11.4 Å². The number of carbonyl (C=O) groups is 2. The first-order valence-corrected chi connectivity index (χ1v) is 10.0. The summed E-state index contributed by atoms with van der Waals surface area (Å²) in [5.74, 6) is 0.129. The molecule has 5 nitrogen and oxygen atoms in total. The molecular weight excluding hydrogens is 350 g/mol. The maximum atomic E-state index is 12.9. The molecule has 3 aliphatic rings. The summed E-state index contributed by atoms with van der Waals surface area (Å²) in [4.78, 5) is 27.3. The summed E-state index contributed by atoms with van der Waals surface area (Å²) in [5.41, 5.74) is 6.97. The highest BCUT2D eigenvalue weighted by molar-refractivity contribution is 6.30. The van der Waals surface area contributed by atoms with Gasteiger partial charge < -0.3 is 16.0 Å². The number of halogens is 1. The minimum Gasteiger partial charge on any atom is -0.352 e. The maximum absolute atomic E-state index is 12.9. The highest BCUT2D eigenvalue weighted by Gasteiger charge is 2.43. The fraction of sp³-hybridized carbons (Fsp3) is 0.600. The standard InChI is InChI=1S/C20H26ClN3O2/c21-14-4-6-16(7-5-14)24-9-8-17(20(24)26)19(25)23-18-12-2-1-3-13(18)11-15(22)10-12/h4-7,12-13,15,17-18H,1-3,8-11,22H2,(H,23,25). The number of benzene rings is 1. The van der Waals surface area contributed by atoms with Gasteiger partial charge in [0.05, 0.1) is 0 Å². The Hall–Kier alpha value is -1.59. The third-order valence-electron chi connectivity index (χ3n) is 6.35. The van der Waals surface area contributed by atoms with Crippen LogP contribution in [0.5, 0.6) is 0 Å². The lowest BCUT2D eigenvalue weighted by Gasteiger charge is -2.45. The highest BCUT2D eigenvalue weighted by Crippen LogP contribution is 2.40. The molecule has 3 atom stereocenters. The van der Waals surface area contributed by atoms with Crippen LogP contribution in [-0.2, 0) is 9.59 Å². The van der Waals surface area contributed by atoms with Gasteiger partial charge in [-0.15, -0.1) is 0 Å². The van der Waals surface area contributed by atoms with Crippen LogP contribution in [-0.4, -0.2) is 30.4 Å². The van der Waals surface area contributed by atoms with E-state index < -0.39 is 5.92 Å². The van der Waals surface area contributed by atoms with Gasteiger partial charge in [-0.05, 0) is 68.2 Å². The summed E-state index contributed by atoms with van der Waals surface area (Å²) in [5, 5.41) is 3.87. The van der Waals surface area contributed by atoms with Gasteiger partial charge in [0.2, 0.25) is 11.8 Å². The number of amides is 2. The number of hydrogen-bond acceptors (Lipinski definition) is 3. The van der Waals surface area contributed by atoms with Gasteiger partial charge in [0.15, 0.2) is 0 Å². The number of rotatable bonds is 3. The van der Waals surface area contributed by atoms with Gasteiger partial charge >= 0.3 is 0 Å². The van der Waals surface area contributed by atoms with E-state index in [4.69, 9.17) is 17.3 Å². The number of carbonyl (C=O) groups excluding carboxylic acids is 2. The lowest BCUT2D eigenvalue weighted by molar-refractivity contribution is -0.133. The van der Waals surface area contributed by atoms with Gasteiger partial charge in [-0.1, -0.05) is 18.0 Å². The van der Waals surface area contributed by atoms with Crippen LogP contribution in [0.1, 0.15) is 38.5 Å². The zero-order chi connectivity index (χ0) is 18.3. The third-order valence-corrected chi connectivity index (χ3v) is 6.60. The summed E-state index contributed by atoms with van der Waals surface area (Å²) in [6, 6.07) is 7.63. The molecule has 3 unspecified atom stereocenters. The highest BCUT2D eigenvalue weighted by atomic mass is 35.5. The van der Waals surface area contributed by atoms with E-state index in [9.17, 15) is 9.59 Å². The minimum absolute atomic E-state index is 0.108. The Bertz CT molecular complexity index is 679. The van der Waals surface area contributed by atoms with Crippen molar-refractivity contribution in [3.8, 4) is 0 Å². The zero-order valence-electron chi connectivity index (χ0n) is 14.9. The Balaban J connectivity index is 1.42. The first kappa shape index (κ1) is 17.8. The topological polar surface area (TPSA) is 75.4 Å². The van der Waals surface area contributed by atoms with Crippen LogP contribution in [0.4, 0.5) is 5.69 Å². The van der Waals surface area contributed by atoms with E-state index in [0.717, 1.165) is 31.4 Å². The van der Waals surface area contributed by atoms with Crippen molar-refractivity contribution in [1.82, 2.24) is 5.32 Å². The SMILES string of the molecule is NC1CC2CCCC(C1)C2NC(=O)C1CCN(c2ccc(Cl)cc2)C1=O. The fourth-order valence-corrected chi connectivity index (χ4v) is 5.22. The van der Waals surface area contributed by atoms with Crippen LogP contribution in [0, 0.1) is 17.8 Å². The zero-order valence-corrected chi connectivity index (χ0v) is 15.6. The summed E-state index contributed by atoms with van der Waals surface area (Å²) < 4.78 is 0. The summed E-state index contributed by atoms with van der Waals surface area (Å²) in [6.07, 6.45) is 6.01. The second kappa shape index (κ2) is 7.20. The van der Waals surface area contributed by atoms with Crippen LogP contribution in [0.3, 0.4) is 0 Å². The molecule has 1 aromatic rings. The first-order valence-electron chi connectivity index (χ1n) is 9.66. The smallest absolute Gasteiger partial charge is 0.239 e. The summed E-state index contributed by atoms with van der Waals surface area (Å²) in [7, 11) is 0. The number of nitrogens with zero attached hydrogens (tertiary/aromatic N) is 1. The van der Waals surface area contributed by atoms with E-state index in [1.807, 2.05) is 12.1 Å². The molecule has 1 heterocycles. The molecule has 26 heavy (non-hydrogen) atoms. The Labute approximate surface area is 159 Å². The van der Waals surface area contributed by atoms with E-state index in [0.29, 0.717) is 29.8 Å². The maximum Gasteiger partial charge on any atom is 0.239 e. The number of hydrogen-bond donors (Lipinski definition) is 2. The Morgan fingerprint density at radius 3 is 2.42 bits per heavy atom. The molecular formula is C20H26ClN3O2. The normalized spacial score (nSPS) is 34.0. The van der Waals surface area contributed by atoms with Crippen molar-refractivity contribution in [3.05, 3.63) is 29.3 Å². The van der Waals surface area contributed by atoms with Gasteiger partial charge in [-0.25, -0.2) is 0 Å². The van der Waals surface area contributed by atoms with Crippen LogP contribution in [0.25, 0.3) is 0 Å². The number of anilines is 1. The molecule has 2 saturated carbocycles. The number of fused-ring (bicyclic) bond motifs is 2. The van der Waals surface area contributed by atoms with Gasteiger partial charge in [-0.3, -0.25) is 9.59 Å². The molecule has 2 amide bonds. The third kappa shape index (κ3) is 3.35. The van der Waals surface area contributed by atoms with Crippen molar-refractivity contribution < 1.29 is 9.59 Å². The molecule has 0 radical (unpaired) electrons. The Morgan fingerprint density at radius 1 is 1.12 bits per heavy atom. The predicted octanol–water partition coefficient (Wildman–Crippen LogP) is 2.72. The molecule has 1 saturated heterocycles. The molecule has 3 N–H and O–H groups in total. The van der Waals surface area contributed by atoms with E-state index in [-0.39, 0.29) is 23.9 Å². The van der Waals surface area contributed by atoms with Crippen molar-refractivity contribution >= 4 is 29.1 Å². The van der Waals surface area contributed by atoms with Gasteiger partial charge in [0.1, 0.15) is 5.92 Å². The van der Waals surface area contributed by atoms with Gasteiger partial charge in [0, 0.05) is 29.3 Å². The van der Waals surface area contributed by atoms with E-state index >= 15 is 0 Å². The van der Waals surface area contributed by atoms with E-state index in [1.54, 1.807) is 17.0 Å². The summed E-state index contributed by atoms with van der Waals surface area (Å²) in [6.45, 7) is 0.570. The molecule has 4 rings (SSSR count). The molecule has 1 aromatic carbocycles. The molecule has 2 aliphatic carbocycles. The second-order valence-corrected chi connectivity index (χ2v) is 8.46. The van der Waals surface area contributed by atoms with Crippen LogP contribution in [0.15, 0.2) is 24.3 Å². The molecule has 140 valence electrons. The predicted molar refractivity (Wildman–Crippen MR) is 102 cm³/mol. The molecule has 0 spiro atoms. The van der Waals surface area contributed by atoms with E-state index in [1.165, 1.54) is 6.42 Å². The lowest BCUT2D eigenvalue weighted by atomic mass is 9.67. The molecule has 0 aromatic heterocycles. The quantitative estimate of drug-likeness (QED) is 0.797. The second-order valence-electron chi connectivity index (χ2n) is 8.02. The monoisotopic (exact) mass is 375 g/mol. The Morgan fingerprint density at radius 2 is 1.77 bits per heavy atom. The molecule has 6 heteroatoms. The average Bonchev–Trinajstić information content (AvgIpc) is 2.98. The largest absolute Gasteiger partial charge is 0.352 e. The van der Waals surface area contributed by atoms with Gasteiger partial charge in [0.25, 0.3) is 0 Å². The minimum atomic E-state index is -0.581. The molecule has 2 bridgehead atoms. The van der Waals surface area contributed by atoms with Crippen molar-refractivity contribution in [3.63, 3.8) is 0 Å². The molecule has 3 fully saturated rings. The van der Waals surface area contributed by atoms with Gasteiger partial charge in [-0.2, -0.15) is 0 Å². The van der Waals surface area contributed by atoms with Crippen molar-refractivity contribution in [2.45, 2.75) is 50.6 Å². The number of nitrogens with two attached hydrogens (primary N) is 1. The van der Waals surface area contributed by atoms with Crippen LogP contribution in [0.2, 0.25) is 5.02 Å². The number of nitrogens with one attached hydrogen (secondary N) is 1.